The number of hydrogen-bond acceptors (Lipinski definition) is 3. The minimum Gasteiger partial charge on any atom is -0.342 e. The highest BCUT2D eigenvalue weighted by atomic mass is 32.2. The van der Waals surface area contributed by atoms with Gasteiger partial charge in [-0.2, -0.15) is 4.31 Å². The lowest BCUT2D eigenvalue weighted by molar-refractivity contribution is -0.138. The van der Waals surface area contributed by atoms with Gasteiger partial charge < -0.3 is 4.90 Å². The van der Waals surface area contributed by atoms with Gasteiger partial charge in [0.1, 0.15) is 5.82 Å². The van der Waals surface area contributed by atoms with Crippen molar-refractivity contribution in [1.29, 1.82) is 0 Å². The molecule has 34 heavy (non-hydrogen) atoms. The van der Waals surface area contributed by atoms with Crippen molar-refractivity contribution in [3.05, 3.63) is 65.0 Å². The van der Waals surface area contributed by atoms with Crippen molar-refractivity contribution in [3.8, 4) is 0 Å². The molecule has 2 aromatic rings. The van der Waals surface area contributed by atoms with Crippen LogP contribution in [0.3, 0.4) is 0 Å². The lowest BCUT2D eigenvalue weighted by Gasteiger charge is -2.37. The number of piperidine rings is 2. The van der Waals surface area contributed by atoms with Crippen LogP contribution in [0.1, 0.15) is 48.8 Å². The molecule has 182 valence electrons. The molecule has 2 aromatic carbocycles. The molecule has 0 unspecified atom stereocenters. The first kappa shape index (κ1) is 23.5. The molecule has 1 aliphatic carbocycles. The Hall–Kier alpha value is -2.25. The van der Waals surface area contributed by atoms with Gasteiger partial charge in [-0.05, 0) is 98.2 Å². The number of rotatable bonds is 5. The zero-order valence-corrected chi connectivity index (χ0v) is 20.4. The largest absolute Gasteiger partial charge is 0.342 e. The Morgan fingerprint density at radius 2 is 1.65 bits per heavy atom. The van der Waals surface area contributed by atoms with Gasteiger partial charge in [-0.3, -0.25) is 4.79 Å². The summed E-state index contributed by atoms with van der Waals surface area (Å²) in [4.78, 5) is 15.5. The average Bonchev–Trinajstić information content (AvgIpc) is 3.32. The molecule has 0 spiro atoms. The predicted octanol–water partition coefficient (Wildman–Crippen LogP) is 4.20. The van der Waals surface area contributed by atoms with Crippen LogP contribution >= 0.6 is 0 Å². The quantitative estimate of drug-likeness (QED) is 0.639. The first-order chi connectivity index (χ1) is 16.4. The Labute approximate surface area is 202 Å². The third kappa shape index (κ3) is 4.91. The van der Waals surface area contributed by atoms with Crippen LogP contribution in [0.25, 0.3) is 0 Å². The van der Waals surface area contributed by atoms with Crippen LogP contribution in [0, 0.1) is 17.7 Å². The fourth-order valence-corrected chi connectivity index (χ4v) is 7.33. The van der Waals surface area contributed by atoms with Gasteiger partial charge in [-0.15, -0.1) is 0 Å². The van der Waals surface area contributed by atoms with Crippen molar-refractivity contribution in [1.82, 2.24) is 9.21 Å². The van der Waals surface area contributed by atoms with Crippen LogP contribution in [-0.2, 0) is 34.1 Å². The number of halogens is 1. The van der Waals surface area contributed by atoms with Gasteiger partial charge in [-0.25, -0.2) is 12.8 Å². The molecule has 2 heterocycles. The number of carbonyl (C=O) groups excluding carboxylic acids is 1. The van der Waals surface area contributed by atoms with Crippen LogP contribution < -0.4 is 0 Å². The van der Waals surface area contributed by atoms with Crippen LogP contribution in [0.4, 0.5) is 4.39 Å². The number of aryl methyl sites for hydroxylation is 2. The molecule has 2 saturated heterocycles. The SMILES string of the molecule is O=C(C1CCN(S(=O)(=O)c2ccc3c(c2)CCC3)CC1)N1CCC(Cc2cccc(F)c2)CC1. The van der Waals surface area contributed by atoms with E-state index in [1.807, 2.05) is 23.1 Å². The number of hydrogen-bond donors (Lipinski definition) is 0. The highest BCUT2D eigenvalue weighted by molar-refractivity contribution is 7.89. The summed E-state index contributed by atoms with van der Waals surface area (Å²) in [6.07, 6.45) is 6.92. The van der Waals surface area contributed by atoms with Crippen LogP contribution in [-0.4, -0.2) is 49.7 Å². The molecule has 0 aromatic heterocycles. The highest BCUT2D eigenvalue weighted by Crippen LogP contribution is 2.30. The molecule has 0 atom stereocenters. The van der Waals surface area contributed by atoms with E-state index in [1.165, 1.54) is 11.6 Å². The fraction of sp³-hybridized carbons (Fsp3) is 0.519. The third-order valence-corrected chi connectivity index (χ3v) is 9.75. The van der Waals surface area contributed by atoms with Gasteiger partial charge in [-0.1, -0.05) is 18.2 Å². The highest BCUT2D eigenvalue weighted by Gasteiger charge is 2.35. The van der Waals surface area contributed by atoms with Gasteiger partial charge in [0, 0.05) is 32.1 Å². The van der Waals surface area contributed by atoms with Crippen LogP contribution in [0.5, 0.6) is 0 Å². The maximum Gasteiger partial charge on any atom is 0.243 e. The second kappa shape index (κ2) is 9.78. The van der Waals surface area contributed by atoms with Crippen molar-refractivity contribution >= 4 is 15.9 Å². The Bertz CT molecular complexity index is 1150. The summed E-state index contributed by atoms with van der Waals surface area (Å²) in [6.45, 7) is 2.25. The van der Waals surface area contributed by atoms with Gasteiger partial charge in [0.05, 0.1) is 4.90 Å². The molecule has 0 radical (unpaired) electrons. The topological polar surface area (TPSA) is 57.7 Å². The predicted molar refractivity (Wildman–Crippen MR) is 129 cm³/mol. The molecule has 2 aliphatic heterocycles. The normalized spacial score (nSPS) is 20.4. The molecular formula is C27H33FN2O3S. The van der Waals surface area contributed by atoms with Crippen molar-refractivity contribution < 1.29 is 17.6 Å². The molecule has 7 heteroatoms. The lowest BCUT2D eigenvalue weighted by atomic mass is 9.89. The van der Waals surface area contributed by atoms with Crippen molar-refractivity contribution in [2.24, 2.45) is 11.8 Å². The molecular weight excluding hydrogens is 451 g/mol. The monoisotopic (exact) mass is 484 g/mol. The van der Waals surface area contributed by atoms with E-state index in [2.05, 4.69) is 0 Å². The zero-order valence-electron chi connectivity index (χ0n) is 19.6. The van der Waals surface area contributed by atoms with Crippen molar-refractivity contribution in [3.63, 3.8) is 0 Å². The summed E-state index contributed by atoms with van der Waals surface area (Å²) in [5, 5.41) is 0. The third-order valence-electron chi connectivity index (χ3n) is 7.85. The summed E-state index contributed by atoms with van der Waals surface area (Å²) in [5.74, 6) is 0.324. The number of carbonyl (C=O) groups is 1. The minimum atomic E-state index is -3.52. The molecule has 5 rings (SSSR count). The Morgan fingerprint density at radius 3 is 2.38 bits per heavy atom. The second-order valence-corrected chi connectivity index (χ2v) is 12.0. The van der Waals surface area contributed by atoms with E-state index in [0.29, 0.717) is 36.7 Å². The second-order valence-electron chi connectivity index (χ2n) is 10.1. The molecule has 0 saturated carbocycles. The maximum atomic E-state index is 13.5. The number of sulfonamides is 1. The standard InChI is InChI=1S/C27H33FN2O3S/c28-25-6-1-3-21(18-25)17-20-9-13-29(14-10-20)27(31)23-11-15-30(16-12-23)34(32,33)26-8-7-22-4-2-5-24(22)19-26/h1,3,6-8,18-20,23H,2,4-5,9-17H2. The summed E-state index contributed by atoms with van der Waals surface area (Å²) in [6, 6.07) is 12.3. The van der Waals surface area contributed by atoms with Crippen LogP contribution in [0.2, 0.25) is 0 Å². The Morgan fingerprint density at radius 1 is 0.912 bits per heavy atom. The average molecular weight is 485 g/mol. The van der Waals surface area contributed by atoms with Crippen molar-refractivity contribution in [2.45, 2.75) is 56.3 Å². The number of fused-ring (bicyclic) bond motifs is 1. The zero-order chi connectivity index (χ0) is 23.7. The van der Waals surface area contributed by atoms with E-state index < -0.39 is 10.0 Å². The van der Waals surface area contributed by atoms with E-state index >= 15 is 0 Å². The van der Waals surface area contributed by atoms with Gasteiger partial charge in [0.2, 0.25) is 15.9 Å². The van der Waals surface area contributed by atoms with E-state index in [9.17, 15) is 17.6 Å². The van der Waals surface area contributed by atoms with Gasteiger partial charge >= 0.3 is 0 Å². The Kier molecular flexibility index (Phi) is 6.76. The summed E-state index contributed by atoms with van der Waals surface area (Å²) < 4.78 is 41.4. The van der Waals surface area contributed by atoms with E-state index in [1.54, 1.807) is 22.5 Å². The first-order valence-corrected chi connectivity index (χ1v) is 14.0. The van der Waals surface area contributed by atoms with E-state index in [-0.39, 0.29) is 17.6 Å². The molecule has 1 amide bonds. The minimum absolute atomic E-state index is 0.105. The molecule has 0 bridgehead atoms. The molecule has 5 nitrogen and oxygen atoms in total. The summed E-state index contributed by atoms with van der Waals surface area (Å²) >= 11 is 0. The van der Waals surface area contributed by atoms with E-state index in [4.69, 9.17) is 0 Å². The number of amides is 1. The Balaban J connectivity index is 1.13. The molecule has 2 fully saturated rings. The van der Waals surface area contributed by atoms with Crippen LogP contribution in [0.15, 0.2) is 47.4 Å². The van der Waals surface area contributed by atoms with Gasteiger partial charge in [0.15, 0.2) is 0 Å². The summed E-state index contributed by atoms with van der Waals surface area (Å²) in [5.41, 5.74) is 3.44. The smallest absolute Gasteiger partial charge is 0.243 e. The maximum absolute atomic E-state index is 13.5. The van der Waals surface area contributed by atoms with E-state index in [0.717, 1.165) is 62.7 Å². The molecule has 0 N–H and O–H groups in total. The van der Waals surface area contributed by atoms with Gasteiger partial charge in [0.25, 0.3) is 0 Å². The number of likely N-dealkylation sites (tertiary alicyclic amines) is 1. The first-order valence-electron chi connectivity index (χ1n) is 12.6. The summed E-state index contributed by atoms with van der Waals surface area (Å²) in [7, 11) is -3.52. The lowest BCUT2D eigenvalue weighted by Crippen LogP contribution is -2.46. The number of nitrogens with zero attached hydrogens (tertiary/aromatic N) is 2. The molecule has 3 aliphatic rings. The van der Waals surface area contributed by atoms with Crippen molar-refractivity contribution in [2.75, 3.05) is 26.2 Å². The fourth-order valence-electron chi connectivity index (χ4n) is 5.81. The number of benzene rings is 2.